The lowest BCUT2D eigenvalue weighted by Crippen LogP contribution is -2.43. The number of carbonyl (C=O) groups is 1. The highest BCUT2D eigenvalue weighted by atomic mass is 16.5. The van der Waals surface area contributed by atoms with Gasteiger partial charge in [0.2, 0.25) is 0 Å². The van der Waals surface area contributed by atoms with E-state index in [9.17, 15) is 4.79 Å². The van der Waals surface area contributed by atoms with E-state index in [1.807, 2.05) is 6.92 Å². The number of esters is 1. The maximum atomic E-state index is 11.6. The van der Waals surface area contributed by atoms with Crippen LogP contribution in [0.2, 0.25) is 0 Å². The Morgan fingerprint density at radius 3 is 2.62 bits per heavy atom. The number of cyclic esters (lactones) is 1. The molecule has 0 N–H and O–H groups in total. The molecule has 1 rings (SSSR count). The first-order chi connectivity index (χ1) is 6.03. The van der Waals surface area contributed by atoms with Crippen LogP contribution in [0.25, 0.3) is 0 Å². The van der Waals surface area contributed by atoms with Crippen molar-refractivity contribution in [3.8, 4) is 0 Å². The van der Waals surface area contributed by atoms with Crippen LogP contribution in [0, 0.1) is 11.3 Å². The second kappa shape index (κ2) is 3.69. The SMILES string of the molecule is CCC1OC(=O)C(C)(CC)CC1C. The smallest absolute Gasteiger partial charge is 0.312 e. The second-order valence-corrected chi connectivity index (χ2v) is 4.45. The number of hydrogen-bond acceptors (Lipinski definition) is 2. The molecular formula is C11H20O2. The molecule has 0 aliphatic carbocycles. The first-order valence-electron chi connectivity index (χ1n) is 5.24. The van der Waals surface area contributed by atoms with Crippen molar-refractivity contribution < 1.29 is 9.53 Å². The predicted molar refractivity (Wildman–Crippen MR) is 52.4 cm³/mol. The third-order valence-electron chi connectivity index (χ3n) is 3.34. The average Bonchev–Trinajstić information content (AvgIpc) is 2.11. The van der Waals surface area contributed by atoms with Crippen molar-refractivity contribution in [2.75, 3.05) is 0 Å². The Kier molecular flexibility index (Phi) is 2.99. The summed E-state index contributed by atoms with van der Waals surface area (Å²) in [5, 5.41) is 0. The van der Waals surface area contributed by atoms with Crippen LogP contribution in [0.3, 0.4) is 0 Å². The molecule has 0 aromatic rings. The molecule has 3 unspecified atom stereocenters. The molecule has 0 radical (unpaired) electrons. The van der Waals surface area contributed by atoms with Crippen molar-refractivity contribution in [2.45, 2.75) is 53.1 Å². The van der Waals surface area contributed by atoms with Gasteiger partial charge in [-0.1, -0.05) is 20.8 Å². The quantitative estimate of drug-likeness (QED) is 0.617. The average molecular weight is 184 g/mol. The molecule has 1 aliphatic heterocycles. The molecule has 2 nitrogen and oxygen atoms in total. The Balaban J connectivity index is 2.72. The van der Waals surface area contributed by atoms with Crippen LogP contribution < -0.4 is 0 Å². The Morgan fingerprint density at radius 1 is 1.54 bits per heavy atom. The zero-order chi connectivity index (χ0) is 10.1. The normalized spacial score (nSPS) is 40.2. The van der Waals surface area contributed by atoms with Crippen LogP contribution in [0.5, 0.6) is 0 Å². The number of carbonyl (C=O) groups excluding carboxylic acids is 1. The standard InChI is InChI=1S/C11H20O2/c1-5-9-8(3)7-11(4,6-2)10(12)13-9/h8-9H,5-7H2,1-4H3. The van der Waals surface area contributed by atoms with E-state index in [1.165, 1.54) is 0 Å². The predicted octanol–water partition coefficient (Wildman–Crippen LogP) is 2.76. The Morgan fingerprint density at radius 2 is 2.15 bits per heavy atom. The molecule has 2 heteroatoms. The zero-order valence-electron chi connectivity index (χ0n) is 9.09. The monoisotopic (exact) mass is 184 g/mol. The van der Waals surface area contributed by atoms with Crippen molar-refractivity contribution in [3.05, 3.63) is 0 Å². The van der Waals surface area contributed by atoms with Gasteiger partial charge in [-0.25, -0.2) is 0 Å². The van der Waals surface area contributed by atoms with Crippen molar-refractivity contribution in [2.24, 2.45) is 11.3 Å². The largest absolute Gasteiger partial charge is 0.462 e. The summed E-state index contributed by atoms with van der Waals surface area (Å²) in [6.45, 7) is 8.32. The van der Waals surface area contributed by atoms with E-state index in [0.29, 0.717) is 5.92 Å². The second-order valence-electron chi connectivity index (χ2n) is 4.45. The molecule has 0 spiro atoms. The van der Waals surface area contributed by atoms with Crippen LogP contribution in [-0.4, -0.2) is 12.1 Å². The van der Waals surface area contributed by atoms with E-state index >= 15 is 0 Å². The Labute approximate surface area is 80.7 Å². The van der Waals surface area contributed by atoms with Crippen molar-refractivity contribution in [3.63, 3.8) is 0 Å². The van der Waals surface area contributed by atoms with E-state index in [1.54, 1.807) is 0 Å². The zero-order valence-corrected chi connectivity index (χ0v) is 9.09. The van der Waals surface area contributed by atoms with Crippen LogP contribution >= 0.6 is 0 Å². The minimum Gasteiger partial charge on any atom is -0.462 e. The van der Waals surface area contributed by atoms with Gasteiger partial charge in [0.1, 0.15) is 6.10 Å². The van der Waals surface area contributed by atoms with Crippen LogP contribution in [-0.2, 0) is 9.53 Å². The third-order valence-corrected chi connectivity index (χ3v) is 3.34. The molecule has 0 bridgehead atoms. The summed E-state index contributed by atoms with van der Waals surface area (Å²) in [6.07, 6.45) is 2.94. The maximum absolute atomic E-state index is 11.6. The van der Waals surface area contributed by atoms with E-state index in [2.05, 4.69) is 20.8 Å². The van der Waals surface area contributed by atoms with Gasteiger partial charge in [0, 0.05) is 0 Å². The van der Waals surface area contributed by atoms with E-state index in [-0.39, 0.29) is 17.5 Å². The highest BCUT2D eigenvalue weighted by Crippen LogP contribution is 2.38. The molecule has 1 fully saturated rings. The molecule has 76 valence electrons. The fraction of sp³-hybridized carbons (Fsp3) is 0.909. The van der Waals surface area contributed by atoms with Gasteiger partial charge in [-0.05, 0) is 32.1 Å². The lowest BCUT2D eigenvalue weighted by molar-refractivity contribution is -0.175. The van der Waals surface area contributed by atoms with Crippen molar-refractivity contribution in [1.29, 1.82) is 0 Å². The maximum Gasteiger partial charge on any atom is 0.312 e. The number of hydrogen-bond donors (Lipinski definition) is 0. The van der Waals surface area contributed by atoms with Crippen molar-refractivity contribution in [1.82, 2.24) is 0 Å². The topological polar surface area (TPSA) is 26.3 Å². The van der Waals surface area contributed by atoms with Gasteiger partial charge in [-0.2, -0.15) is 0 Å². The molecular weight excluding hydrogens is 164 g/mol. The highest BCUT2D eigenvalue weighted by molar-refractivity contribution is 5.77. The van der Waals surface area contributed by atoms with Gasteiger partial charge in [0.15, 0.2) is 0 Å². The van der Waals surface area contributed by atoms with Crippen LogP contribution in [0.4, 0.5) is 0 Å². The first-order valence-corrected chi connectivity index (χ1v) is 5.24. The number of rotatable bonds is 2. The fourth-order valence-corrected chi connectivity index (χ4v) is 2.10. The van der Waals surface area contributed by atoms with Crippen LogP contribution in [0.1, 0.15) is 47.0 Å². The van der Waals surface area contributed by atoms with Gasteiger partial charge < -0.3 is 4.74 Å². The fourth-order valence-electron chi connectivity index (χ4n) is 2.10. The van der Waals surface area contributed by atoms with Gasteiger partial charge in [-0.15, -0.1) is 0 Å². The molecule has 1 saturated heterocycles. The molecule has 13 heavy (non-hydrogen) atoms. The molecule has 3 atom stereocenters. The van der Waals surface area contributed by atoms with Crippen molar-refractivity contribution >= 4 is 5.97 Å². The molecule has 0 amide bonds. The lowest BCUT2D eigenvalue weighted by Gasteiger charge is -2.39. The summed E-state index contributed by atoms with van der Waals surface area (Å²) >= 11 is 0. The summed E-state index contributed by atoms with van der Waals surface area (Å²) in [5.74, 6) is 0.507. The molecule has 0 aromatic carbocycles. The lowest BCUT2D eigenvalue weighted by atomic mass is 9.75. The molecule has 1 aliphatic rings. The first kappa shape index (κ1) is 10.6. The summed E-state index contributed by atoms with van der Waals surface area (Å²) in [4.78, 5) is 11.6. The van der Waals surface area contributed by atoms with E-state index in [0.717, 1.165) is 19.3 Å². The van der Waals surface area contributed by atoms with Gasteiger partial charge in [0.25, 0.3) is 0 Å². The number of ether oxygens (including phenoxy) is 1. The summed E-state index contributed by atoms with van der Waals surface area (Å²) < 4.78 is 5.42. The molecule has 0 aromatic heterocycles. The van der Waals surface area contributed by atoms with E-state index < -0.39 is 0 Å². The molecule has 0 saturated carbocycles. The highest BCUT2D eigenvalue weighted by Gasteiger charge is 2.42. The minimum absolute atomic E-state index is 0.0000463. The molecule has 1 heterocycles. The van der Waals surface area contributed by atoms with Gasteiger partial charge in [0.05, 0.1) is 5.41 Å². The van der Waals surface area contributed by atoms with Gasteiger partial charge >= 0.3 is 5.97 Å². The van der Waals surface area contributed by atoms with Gasteiger partial charge in [-0.3, -0.25) is 4.79 Å². The Hall–Kier alpha value is -0.530. The Bertz CT molecular complexity index is 200. The summed E-state index contributed by atoms with van der Waals surface area (Å²) in [5.41, 5.74) is -0.231. The summed E-state index contributed by atoms with van der Waals surface area (Å²) in [7, 11) is 0. The minimum atomic E-state index is -0.231. The third kappa shape index (κ3) is 1.87. The van der Waals surface area contributed by atoms with Crippen LogP contribution in [0.15, 0.2) is 0 Å². The van der Waals surface area contributed by atoms with E-state index in [4.69, 9.17) is 4.74 Å². The summed E-state index contributed by atoms with van der Waals surface area (Å²) in [6, 6.07) is 0.